The lowest BCUT2D eigenvalue weighted by Gasteiger charge is -2.22. The number of anilines is 1. The predicted molar refractivity (Wildman–Crippen MR) is 134 cm³/mol. The third-order valence-electron chi connectivity index (χ3n) is 6.52. The van der Waals surface area contributed by atoms with Crippen LogP contribution in [0.4, 0.5) is 5.69 Å². The minimum absolute atomic E-state index is 0.0614. The SMILES string of the molecule is Cc1c(O)cc(O)c(C(=O)N2Cc3cccc(N(C)C(=O)/C=C/CN(C)C)c3C2)c1OCC1CC1. The van der Waals surface area contributed by atoms with Crippen LogP contribution in [0.1, 0.15) is 39.9 Å². The summed E-state index contributed by atoms with van der Waals surface area (Å²) in [4.78, 5) is 31.5. The third kappa shape index (κ3) is 5.27. The fourth-order valence-electron chi connectivity index (χ4n) is 4.22. The first-order chi connectivity index (χ1) is 16.7. The molecule has 4 rings (SSSR count). The van der Waals surface area contributed by atoms with Crippen molar-refractivity contribution < 1.29 is 24.5 Å². The second kappa shape index (κ2) is 10.00. The number of rotatable bonds is 8. The van der Waals surface area contributed by atoms with Crippen LogP contribution in [0.3, 0.4) is 0 Å². The first-order valence-corrected chi connectivity index (χ1v) is 11.8. The number of hydrogen-bond donors (Lipinski definition) is 2. The Morgan fingerprint density at radius 1 is 1.14 bits per heavy atom. The van der Waals surface area contributed by atoms with Gasteiger partial charge < -0.3 is 29.6 Å². The molecule has 0 saturated heterocycles. The number of nitrogens with zero attached hydrogens (tertiary/aromatic N) is 3. The number of hydrogen-bond acceptors (Lipinski definition) is 6. The molecule has 1 aliphatic carbocycles. The summed E-state index contributed by atoms with van der Waals surface area (Å²) in [5.41, 5.74) is 3.08. The highest BCUT2D eigenvalue weighted by atomic mass is 16.5. The number of phenols is 2. The van der Waals surface area contributed by atoms with E-state index in [1.807, 2.05) is 43.3 Å². The van der Waals surface area contributed by atoms with Crippen LogP contribution in [0.5, 0.6) is 17.2 Å². The highest BCUT2D eigenvalue weighted by Gasteiger charge is 2.33. The zero-order valence-electron chi connectivity index (χ0n) is 20.7. The standard InChI is InChI=1S/C27H33N3O5/c1-17-22(31)13-23(32)25(26(17)35-16-18-10-11-18)27(34)30-14-19-7-5-8-21(20(19)15-30)29(4)24(33)9-6-12-28(2)3/h5-9,13,18,31-32H,10-12,14-16H2,1-4H3/b9-6+. The molecule has 2 aromatic rings. The van der Waals surface area contributed by atoms with Gasteiger partial charge in [0.2, 0.25) is 5.91 Å². The summed E-state index contributed by atoms with van der Waals surface area (Å²) in [6.45, 7) is 3.43. The van der Waals surface area contributed by atoms with Gasteiger partial charge in [-0.1, -0.05) is 18.2 Å². The molecule has 0 atom stereocenters. The Bertz CT molecular complexity index is 1170. The number of amides is 2. The molecule has 2 N–H and O–H groups in total. The first kappa shape index (κ1) is 24.6. The van der Waals surface area contributed by atoms with Gasteiger partial charge in [0.05, 0.1) is 6.61 Å². The number of ether oxygens (including phenoxy) is 1. The topological polar surface area (TPSA) is 93.6 Å². The molecular weight excluding hydrogens is 446 g/mol. The zero-order chi connectivity index (χ0) is 25.3. The molecule has 0 unspecified atom stereocenters. The van der Waals surface area contributed by atoms with E-state index in [1.165, 1.54) is 6.07 Å². The summed E-state index contributed by atoms with van der Waals surface area (Å²) in [6, 6.07) is 6.88. The maximum Gasteiger partial charge on any atom is 0.262 e. The smallest absolute Gasteiger partial charge is 0.262 e. The summed E-state index contributed by atoms with van der Waals surface area (Å²) in [7, 11) is 5.59. The summed E-state index contributed by atoms with van der Waals surface area (Å²) in [5, 5.41) is 20.8. The van der Waals surface area contributed by atoms with E-state index in [0.717, 1.165) is 29.7 Å². The molecule has 8 heteroatoms. The van der Waals surface area contributed by atoms with E-state index in [0.29, 0.717) is 37.7 Å². The molecule has 0 bridgehead atoms. The van der Waals surface area contributed by atoms with Crippen LogP contribution in [0.25, 0.3) is 0 Å². The van der Waals surface area contributed by atoms with Crippen molar-refractivity contribution in [3.8, 4) is 17.2 Å². The lowest BCUT2D eigenvalue weighted by atomic mass is 10.1. The van der Waals surface area contributed by atoms with Crippen LogP contribution in [-0.2, 0) is 17.9 Å². The molecule has 2 aliphatic rings. The molecule has 1 fully saturated rings. The fourth-order valence-corrected chi connectivity index (χ4v) is 4.22. The van der Waals surface area contributed by atoms with Crippen LogP contribution < -0.4 is 9.64 Å². The predicted octanol–water partition coefficient (Wildman–Crippen LogP) is 3.43. The van der Waals surface area contributed by atoms with E-state index in [-0.39, 0.29) is 34.6 Å². The Labute approximate surface area is 206 Å². The molecule has 1 heterocycles. The van der Waals surface area contributed by atoms with Crippen LogP contribution in [-0.4, -0.2) is 66.1 Å². The van der Waals surface area contributed by atoms with Crippen LogP contribution >= 0.6 is 0 Å². The molecule has 0 radical (unpaired) electrons. The molecule has 35 heavy (non-hydrogen) atoms. The Hall–Kier alpha value is -3.52. The van der Waals surface area contributed by atoms with Crippen molar-refractivity contribution in [2.24, 2.45) is 5.92 Å². The molecule has 0 aromatic heterocycles. The highest BCUT2D eigenvalue weighted by molar-refractivity contribution is 6.03. The highest BCUT2D eigenvalue weighted by Crippen LogP contribution is 2.41. The van der Waals surface area contributed by atoms with Crippen molar-refractivity contribution >= 4 is 17.5 Å². The van der Waals surface area contributed by atoms with Gasteiger partial charge >= 0.3 is 0 Å². The quantitative estimate of drug-likeness (QED) is 0.564. The number of carbonyl (C=O) groups is 2. The number of likely N-dealkylation sites (N-methyl/N-ethyl adjacent to an activating group) is 2. The fraction of sp³-hybridized carbons (Fsp3) is 0.407. The lowest BCUT2D eigenvalue weighted by Crippen LogP contribution is -2.28. The summed E-state index contributed by atoms with van der Waals surface area (Å²) < 4.78 is 5.93. The van der Waals surface area contributed by atoms with Crippen molar-refractivity contribution in [2.75, 3.05) is 39.2 Å². The number of phenolic OH excluding ortho intramolecular Hbond substituents is 2. The minimum Gasteiger partial charge on any atom is -0.507 e. The van der Waals surface area contributed by atoms with Crippen LogP contribution in [0.2, 0.25) is 0 Å². The molecular formula is C27H33N3O5. The van der Waals surface area contributed by atoms with Crippen molar-refractivity contribution in [3.05, 3.63) is 58.7 Å². The molecule has 2 aromatic carbocycles. The van der Waals surface area contributed by atoms with Gasteiger partial charge in [-0.25, -0.2) is 0 Å². The lowest BCUT2D eigenvalue weighted by molar-refractivity contribution is -0.113. The van der Waals surface area contributed by atoms with E-state index in [2.05, 4.69) is 0 Å². The Morgan fingerprint density at radius 3 is 2.57 bits per heavy atom. The maximum atomic E-state index is 13.6. The van der Waals surface area contributed by atoms with E-state index >= 15 is 0 Å². The van der Waals surface area contributed by atoms with Gasteiger partial charge in [-0.2, -0.15) is 0 Å². The Morgan fingerprint density at radius 2 is 1.89 bits per heavy atom. The second-order valence-electron chi connectivity index (χ2n) is 9.64. The molecule has 1 saturated carbocycles. The van der Waals surface area contributed by atoms with Crippen LogP contribution in [0.15, 0.2) is 36.4 Å². The van der Waals surface area contributed by atoms with Gasteiger partial charge in [-0.3, -0.25) is 9.59 Å². The normalized spacial score (nSPS) is 15.1. The van der Waals surface area contributed by atoms with Gasteiger partial charge in [0.25, 0.3) is 5.91 Å². The summed E-state index contributed by atoms with van der Waals surface area (Å²) >= 11 is 0. The Kier molecular flexibility index (Phi) is 7.03. The van der Waals surface area contributed by atoms with E-state index in [4.69, 9.17) is 4.74 Å². The first-order valence-electron chi connectivity index (χ1n) is 11.8. The molecule has 186 valence electrons. The largest absolute Gasteiger partial charge is 0.507 e. The van der Waals surface area contributed by atoms with Crippen molar-refractivity contribution in [1.82, 2.24) is 9.80 Å². The van der Waals surface area contributed by atoms with E-state index < -0.39 is 0 Å². The zero-order valence-corrected chi connectivity index (χ0v) is 20.7. The van der Waals surface area contributed by atoms with Gasteiger partial charge in [0, 0.05) is 55.6 Å². The molecule has 2 amide bonds. The van der Waals surface area contributed by atoms with Crippen molar-refractivity contribution in [3.63, 3.8) is 0 Å². The molecule has 1 aliphatic heterocycles. The van der Waals surface area contributed by atoms with E-state index in [1.54, 1.807) is 29.8 Å². The van der Waals surface area contributed by atoms with Gasteiger partial charge in [-0.05, 0) is 51.4 Å². The average molecular weight is 480 g/mol. The molecule has 8 nitrogen and oxygen atoms in total. The van der Waals surface area contributed by atoms with Gasteiger partial charge in [-0.15, -0.1) is 0 Å². The van der Waals surface area contributed by atoms with Crippen molar-refractivity contribution in [1.29, 1.82) is 0 Å². The number of carbonyl (C=O) groups excluding carboxylic acids is 2. The van der Waals surface area contributed by atoms with Gasteiger partial charge in [0.15, 0.2) is 0 Å². The van der Waals surface area contributed by atoms with Crippen LogP contribution in [0, 0.1) is 12.8 Å². The maximum absolute atomic E-state index is 13.6. The monoisotopic (exact) mass is 479 g/mol. The second-order valence-corrected chi connectivity index (χ2v) is 9.64. The number of fused-ring (bicyclic) bond motifs is 1. The molecule has 0 spiro atoms. The summed E-state index contributed by atoms with van der Waals surface area (Å²) in [5.74, 6) is -0.266. The minimum atomic E-state index is -0.376. The summed E-state index contributed by atoms with van der Waals surface area (Å²) in [6.07, 6.45) is 5.52. The van der Waals surface area contributed by atoms with Crippen molar-refractivity contribution in [2.45, 2.75) is 32.9 Å². The third-order valence-corrected chi connectivity index (χ3v) is 6.52. The number of aromatic hydroxyl groups is 2. The van der Waals surface area contributed by atoms with Gasteiger partial charge in [0.1, 0.15) is 22.8 Å². The van der Waals surface area contributed by atoms with E-state index in [9.17, 15) is 19.8 Å². The average Bonchev–Trinajstić information content (AvgIpc) is 3.54. The Balaban J connectivity index is 1.58. The number of benzene rings is 2.